The third-order valence-corrected chi connectivity index (χ3v) is 3.51. The maximum absolute atomic E-state index is 12.9. The number of hydrogen-bond acceptors (Lipinski definition) is 6. The normalized spacial score (nSPS) is 10.6. The number of carbonyl (C=O) groups excluding carboxylic acids is 2. The van der Waals surface area contributed by atoms with Gasteiger partial charge in [-0.25, -0.2) is 13.6 Å². The van der Waals surface area contributed by atoms with Crippen LogP contribution in [-0.2, 0) is 16.1 Å². The van der Waals surface area contributed by atoms with Crippen LogP contribution in [-0.4, -0.2) is 28.1 Å². The van der Waals surface area contributed by atoms with E-state index in [2.05, 4.69) is 5.10 Å². The summed E-state index contributed by atoms with van der Waals surface area (Å²) < 4.78 is 36.2. The number of hydrogen-bond donors (Lipinski definition) is 0. The molecule has 1 heterocycles. The summed E-state index contributed by atoms with van der Waals surface area (Å²) in [7, 11) is 0. The molecule has 0 amide bonds. The van der Waals surface area contributed by atoms with Gasteiger partial charge in [-0.05, 0) is 48.5 Å². The Morgan fingerprint density at radius 1 is 1.00 bits per heavy atom. The Hall–Kier alpha value is -3.62. The van der Waals surface area contributed by atoms with Crippen LogP contribution < -0.4 is 5.76 Å². The average Bonchev–Trinajstić information content (AvgIpc) is 3.01. The van der Waals surface area contributed by atoms with Gasteiger partial charge >= 0.3 is 11.7 Å². The van der Waals surface area contributed by atoms with Gasteiger partial charge in [-0.1, -0.05) is 0 Å². The van der Waals surface area contributed by atoms with E-state index >= 15 is 0 Å². The summed E-state index contributed by atoms with van der Waals surface area (Å²) in [5.41, 5.74) is 0.536. The second kappa shape index (κ2) is 7.73. The number of halogens is 2. The number of nitrogens with zero attached hydrogens (tertiary/aromatic N) is 2. The zero-order valence-corrected chi connectivity index (χ0v) is 13.7. The molecule has 27 heavy (non-hydrogen) atoms. The van der Waals surface area contributed by atoms with Gasteiger partial charge in [0.05, 0.1) is 0 Å². The van der Waals surface area contributed by atoms with Gasteiger partial charge in [0, 0.05) is 11.1 Å². The SMILES string of the molecule is O=C(Cn1nc(-c2ccc(F)cc2)oc1=O)OCC(=O)c1ccc(F)cc1. The molecule has 0 atom stereocenters. The minimum absolute atomic E-state index is 0.0878. The van der Waals surface area contributed by atoms with Gasteiger partial charge in [0.15, 0.2) is 12.4 Å². The molecule has 3 aromatic rings. The van der Waals surface area contributed by atoms with Crippen molar-refractivity contribution in [3.05, 3.63) is 76.3 Å². The van der Waals surface area contributed by atoms with Crippen molar-refractivity contribution in [1.82, 2.24) is 9.78 Å². The highest BCUT2D eigenvalue weighted by molar-refractivity contribution is 5.97. The van der Waals surface area contributed by atoms with Gasteiger partial charge in [0.1, 0.15) is 18.2 Å². The van der Waals surface area contributed by atoms with Gasteiger partial charge in [-0.2, -0.15) is 4.68 Å². The Balaban J connectivity index is 1.61. The van der Waals surface area contributed by atoms with Crippen molar-refractivity contribution in [3.63, 3.8) is 0 Å². The van der Waals surface area contributed by atoms with E-state index in [1.807, 2.05) is 0 Å². The molecular weight excluding hydrogens is 362 g/mol. The van der Waals surface area contributed by atoms with Crippen LogP contribution in [0.2, 0.25) is 0 Å². The third kappa shape index (κ3) is 4.51. The quantitative estimate of drug-likeness (QED) is 0.485. The lowest BCUT2D eigenvalue weighted by atomic mass is 10.1. The van der Waals surface area contributed by atoms with Gasteiger partial charge in [-0.3, -0.25) is 9.59 Å². The van der Waals surface area contributed by atoms with Crippen molar-refractivity contribution in [1.29, 1.82) is 0 Å². The summed E-state index contributed by atoms with van der Waals surface area (Å²) in [4.78, 5) is 35.4. The van der Waals surface area contributed by atoms with Crippen molar-refractivity contribution < 1.29 is 27.5 Å². The molecule has 0 unspecified atom stereocenters. The largest absolute Gasteiger partial charge is 0.456 e. The van der Waals surface area contributed by atoms with Crippen molar-refractivity contribution >= 4 is 11.8 Å². The molecule has 3 rings (SSSR count). The van der Waals surface area contributed by atoms with Crippen LogP contribution in [0.4, 0.5) is 8.78 Å². The lowest BCUT2D eigenvalue weighted by molar-refractivity contribution is -0.143. The smallest absolute Gasteiger partial charge is 0.437 e. The molecule has 0 spiro atoms. The molecule has 1 aromatic heterocycles. The van der Waals surface area contributed by atoms with Gasteiger partial charge in [-0.15, -0.1) is 5.10 Å². The van der Waals surface area contributed by atoms with Crippen LogP contribution in [0.3, 0.4) is 0 Å². The monoisotopic (exact) mass is 374 g/mol. The molecular formula is C18H12F2N2O5. The van der Waals surface area contributed by atoms with Gasteiger partial charge < -0.3 is 9.15 Å². The zero-order chi connectivity index (χ0) is 19.4. The van der Waals surface area contributed by atoms with Crippen LogP contribution >= 0.6 is 0 Å². The van der Waals surface area contributed by atoms with Gasteiger partial charge in [0.2, 0.25) is 5.89 Å². The fraction of sp³-hybridized carbons (Fsp3) is 0.111. The van der Waals surface area contributed by atoms with E-state index < -0.39 is 42.3 Å². The lowest BCUT2D eigenvalue weighted by Gasteiger charge is -2.03. The highest BCUT2D eigenvalue weighted by Gasteiger charge is 2.15. The van der Waals surface area contributed by atoms with E-state index in [4.69, 9.17) is 9.15 Å². The minimum Gasteiger partial charge on any atom is -0.456 e. The Labute approximate surface area is 150 Å². The molecule has 0 fully saturated rings. The minimum atomic E-state index is -0.906. The molecule has 0 N–H and O–H groups in total. The van der Waals surface area contributed by atoms with E-state index in [0.29, 0.717) is 5.56 Å². The summed E-state index contributed by atoms with van der Waals surface area (Å²) in [5, 5.41) is 3.83. The molecule has 0 saturated heterocycles. The van der Waals surface area contributed by atoms with Crippen LogP contribution in [0.5, 0.6) is 0 Å². The van der Waals surface area contributed by atoms with Crippen molar-refractivity contribution in [3.8, 4) is 11.5 Å². The zero-order valence-electron chi connectivity index (χ0n) is 13.7. The van der Waals surface area contributed by atoms with Crippen LogP contribution in [0.1, 0.15) is 10.4 Å². The number of Topliss-reactive ketones (excluding diaryl/α,β-unsaturated/α-hetero) is 1. The van der Waals surface area contributed by atoms with Crippen molar-refractivity contribution in [2.45, 2.75) is 6.54 Å². The Morgan fingerprint density at radius 2 is 1.59 bits per heavy atom. The van der Waals surface area contributed by atoms with E-state index in [1.165, 1.54) is 36.4 Å². The number of carbonyl (C=O) groups is 2. The standard InChI is InChI=1S/C18H12F2N2O5/c19-13-5-1-11(2-6-13)15(23)10-26-16(24)9-22-18(25)27-17(21-22)12-3-7-14(20)8-4-12/h1-8H,9-10H2. The number of aromatic nitrogens is 2. The maximum atomic E-state index is 12.9. The third-order valence-electron chi connectivity index (χ3n) is 3.51. The molecule has 7 nitrogen and oxygen atoms in total. The molecule has 0 saturated carbocycles. The Bertz CT molecular complexity index is 1020. The number of benzene rings is 2. The van der Waals surface area contributed by atoms with Crippen LogP contribution in [0.15, 0.2) is 57.7 Å². The average molecular weight is 374 g/mol. The molecule has 9 heteroatoms. The molecule has 0 aliphatic heterocycles. The highest BCUT2D eigenvalue weighted by atomic mass is 19.1. The van der Waals surface area contributed by atoms with E-state index in [9.17, 15) is 23.2 Å². The topological polar surface area (TPSA) is 91.4 Å². The molecule has 0 aliphatic rings. The van der Waals surface area contributed by atoms with Gasteiger partial charge in [0.25, 0.3) is 0 Å². The molecule has 0 bridgehead atoms. The number of ketones is 1. The van der Waals surface area contributed by atoms with Crippen LogP contribution in [0.25, 0.3) is 11.5 Å². The van der Waals surface area contributed by atoms with E-state index in [0.717, 1.165) is 16.8 Å². The summed E-state index contributed by atoms with van der Waals surface area (Å²) in [6.07, 6.45) is 0. The van der Waals surface area contributed by atoms with E-state index in [1.54, 1.807) is 0 Å². The first kappa shape index (κ1) is 18.2. The highest BCUT2D eigenvalue weighted by Crippen LogP contribution is 2.15. The second-order valence-corrected chi connectivity index (χ2v) is 5.43. The summed E-state index contributed by atoms with van der Waals surface area (Å²) >= 11 is 0. The first-order chi connectivity index (χ1) is 12.9. The first-order valence-electron chi connectivity index (χ1n) is 7.70. The Kier molecular flexibility index (Phi) is 5.20. The number of rotatable bonds is 6. The summed E-state index contributed by atoms with van der Waals surface area (Å²) in [5.74, 6) is -3.36. The van der Waals surface area contributed by atoms with Crippen molar-refractivity contribution in [2.75, 3.05) is 6.61 Å². The predicted octanol–water partition coefficient (Wildman–Crippen LogP) is 2.21. The summed E-state index contributed by atoms with van der Waals surface area (Å²) in [6, 6.07) is 9.83. The fourth-order valence-corrected chi connectivity index (χ4v) is 2.15. The Morgan fingerprint density at radius 3 is 2.22 bits per heavy atom. The lowest BCUT2D eigenvalue weighted by Crippen LogP contribution is -2.24. The van der Waals surface area contributed by atoms with Crippen LogP contribution in [0, 0.1) is 11.6 Å². The van der Waals surface area contributed by atoms with Crippen molar-refractivity contribution in [2.24, 2.45) is 0 Å². The predicted molar refractivity (Wildman–Crippen MR) is 87.8 cm³/mol. The molecule has 2 aromatic carbocycles. The molecule has 138 valence electrons. The summed E-state index contributed by atoms with van der Waals surface area (Å²) in [6.45, 7) is -1.14. The molecule has 0 radical (unpaired) electrons. The number of ether oxygens (including phenoxy) is 1. The fourth-order valence-electron chi connectivity index (χ4n) is 2.15. The maximum Gasteiger partial charge on any atom is 0.437 e. The second-order valence-electron chi connectivity index (χ2n) is 5.43. The first-order valence-corrected chi connectivity index (χ1v) is 7.70. The number of esters is 1. The van der Waals surface area contributed by atoms with E-state index in [-0.39, 0.29) is 11.5 Å². The molecule has 0 aliphatic carbocycles.